The Balaban J connectivity index is 2.03. The molecule has 0 aliphatic heterocycles. The van der Waals surface area contributed by atoms with Crippen molar-refractivity contribution in [3.05, 3.63) is 59.8 Å². The fourth-order valence-electron chi connectivity index (χ4n) is 2.20. The molecule has 0 spiro atoms. The largest absolute Gasteiger partial charge is 0.378 e. The Morgan fingerprint density at radius 1 is 1.08 bits per heavy atom. The summed E-state index contributed by atoms with van der Waals surface area (Å²) in [4.78, 5) is 11.5. The molecule has 0 aliphatic rings. The molecule has 8 nitrogen and oxygen atoms in total. The van der Waals surface area contributed by atoms with Gasteiger partial charge in [-0.2, -0.15) is 23.8 Å². The lowest BCUT2D eigenvalue weighted by Crippen LogP contribution is -2.14. The average molecular weight is 358 g/mol. The number of aryl methyl sites for hydroxylation is 1. The van der Waals surface area contributed by atoms with E-state index in [1.807, 2.05) is 6.92 Å². The highest BCUT2D eigenvalue weighted by Gasteiger charge is 2.22. The average Bonchev–Trinajstić information content (AvgIpc) is 3.05. The van der Waals surface area contributed by atoms with Crippen molar-refractivity contribution in [2.24, 2.45) is 5.73 Å². The highest BCUT2D eigenvalue weighted by molar-refractivity contribution is 7.87. The van der Waals surface area contributed by atoms with Crippen molar-refractivity contribution in [1.82, 2.24) is 15.4 Å². The van der Waals surface area contributed by atoms with Gasteiger partial charge in [-0.3, -0.25) is 4.79 Å². The van der Waals surface area contributed by atoms with Crippen LogP contribution in [0, 0.1) is 6.92 Å². The number of nitrogens with one attached hydrogen (secondary N) is 1. The first-order valence-corrected chi connectivity index (χ1v) is 8.60. The number of carbonyl (C=O) groups excluding carboxylic acids is 1. The van der Waals surface area contributed by atoms with E-state index in [0.29, 0.717) is 0 Å². The molecule has 128 valence electrons. The predicted octanol–water partition coefficient (Wildman–Crippen LogP) is 1.65. The molecule has 3 aromatic rings. The second-order valence-corrected chi connectivity index (χ2v) is 6.78. The van der Waals surface area contributed by atoms with E-state index in [9.17, 15) is 13.2 Å². The number of nitrogens with zero attached hydrogens (tertiary/aromatic N) is 2. The molecule has 0 aliphatic carbocycles. The van der Waals surface area contributed by atoms with Crippen LogP contribution in [0.3, 0.4) is 0 Å². The fourth-order valence-corrected chi connectivity index (χ4v) is 3.14. The van der Waals surface area contributed by atoms with Gasteiger partial charge < -0.3 is 9.92 Å². The number of rotatable bonds is 5. The molecule has 25 heavy (non-hydrogen) atoms. The Kier molecular flexibility index (Phi) is 4.24. The maximum atomic E-state index is 12.5. The summed E-state index contributed by atoms with van der Waals surface area (Å²) in [5.74, 6) is -0.778. The third-order valence-electron chi connectivity index (χ3n) is 3.43. The monoisotopic (exact) mass is 358 g/mol. The number of carbonyl (C=O) groups is 1. The third kappa shape index (κ3) is 3.36. The minimum absolute atomic E-state index is 0.0134. The summed E-state index contributed by atoms with van der Waals surface area (Å²) in [5, 5.41) is 9.85. The zero-order chi connectivity index (χ0) is 18.0. The Bertz CT molecular complexity index is 1030. The molecule has 0 unspecified atom stereocenters. The lowest BCUT2D eigenvalue weighted by Gasteiger charge is -2.10. The van der Waals surface area contributed by atoms with Crippen molar-refractivity contribution in [1.29, 1.82) is 0 Å². The van der Waals surface area contributed by atoms with Crippen LogP contribution in [0.1, 0.15) is 16.1 Å². The van der Waals surface area contributed by atoms with Crippen LogP contribution in [-0.2, 0) is 10.1 Å². The van der Waals surface area contributed by atoms with Crippen molar-refractivity contribution < 1.29 is 17.4 Å². The highest BCUT2D eigenvalue weighted by Crippen LogP contribution is 2.32. The summed E-state index contributed by atoms with van der Waals surface area (Å²) in [6, 6.07) is 12.5. The van der Waals surface area contributed by atoms with Crippen molar-refractivity contribution in [2.75, 3.05) is 0 Å². The number of aromatic amines is 1. The summed E-state index contributed by atoms with van der Waals surface area (Å²) in [6.45, 7) is 1.85. The molecule has 0 radical (unpaired) electrons. The van der Waals surface area contributed by atoms with Crippen LogP contribution in [0.2, 0.25) is 0 Å². The molecule has 1 amide bonds. The van der Waals surface area contributed by atoms with E-state index in [1.54, 1.807) is 30.3 Å². The molecule has 0 saturated heterocycles. The molecular formula is C16H14N4O4S. The maximum absolute atomic E-state index is 12.5. The first kappa shape index (κ1) is 16.7. The lowest BCUT2D eigenvalue weighted by atomic mass is 10.1. The van der Waals surface area contributed by atoms with Gasteiger partial charge in [-0.05, 0) is 31.2 Å². The molecule has 0 saturated carbocycles. The third-order valence-corrected chi connectivity index (χ3v) is 4.68. The zero-order valence-corrected chi connectivity index (χ0v) is 13.9. The topological polar surface area (TPSA) is 128 Å². The number of para-hydroxylation sites is 1. The first-order valence-electron chi connectivity index (χ1n) is 7.19. The molecule has 3 rings (SSSR count). The van der Waals surface area contributed by atoms with Crippen LogP contribution in [0.5, 0.6) is 5.75 Å². The summed E-state index contributed by atoms with van der Waals surface area (Å²) in [7, 11) is -4.05. The van der Waals surface area contributed by atoms with Crippen LogP contribution in [0.25, 0.3) is 11.3 Å². The van der Waals surface area contributed by atoms with Crippen LogP contribution < -0.4 is 9.92 Å². The normalized spacial score (nSPS) is 11.2. The molecule has 0 bridgehead atoms. The minimum atomic E-state index is -4.05. The van der Waals surface area contributed by atoms with Crippen molar-refractivity contribution in [3.63, 3.8) is 0 Å². The molecule has 3 N–H and O–H groups in total. The van der Waals surface area contributed by atoms with Crippen LogP contribution >= 0.6 is 0 Å². The van der Waals surface area contributed by atoms with Crippen molar-refractivity contribution in [2.45, 2.75) is 11.8 Å². The van der Waals surface area contributed by atoms with Gasteiger partial charge in [0.2, 0.25) is 0 Å². The van der Waals surface area contributed by atoms with Crippen molar-refractivity contribution >= 4 is 16.0 Å². The molecule has 1 heterocycles. The van der Waals surface area contributed by atoms with Crippen LogP contribution in [-0.4, -0.2) is 29.7 Å². The molecule has 2 aromatic carbocycles. The summed E-state index contributed by atoms with van der Waals surface area (Å²) >= 11 is 0. The van der Waals surface area contributed by atoms with E-state index in [1.165, 1.54) is 18.2 Å². The SMILES string of the molecule is Cc1ccc(S(=O)(=O)Oc2ccccc2-c2n[nH]nc2C(N)=O)cc1. The Labute approximate surface area is 143 Å². The number of hydrogen-bond donors (Lipinski definition) is 2. The van der Waals surface area contributed by atoms with Gasteiger partial charge in [0.05, 0.1) is 0 Å². The number of aromatic nitrogens is 3. The van der Waals surface area contributed by atoms with E-state index in [4.69, 9.17) is 9.92 Å². The van der Waals surface area contributed by atoms with Gasteiger partial charge in [-0.25, -0.2) is 0 Å². The van der Waals surface area contributed by atoms with E-state index >= 15 is 0 Å². The molecule has 1 aromatic heterocycles. The van der Waals surface area contributed by atoms with Crippen molar-refractivity contribution in [3.8, 4) is 17.0 Å². The lowest BCUT2D eigenvalue weighted by molar-refractivity contribution is 0.0996. The van der Waals surface area contributed by atoms with Crippen LogP contribution in [0.4, 0.5) is 0 Å². The smallest absolute Gasteiger partial charge is 0.339 e. The van der Waals surface area contributed by atoms with Gasteiger partial charge in [0.1, 0.15) is 10.6 Å². The quantitative estimate of drug-likeness (QED) is 0.667. The van der Waals surface area contributed by atoms with E-state index in [-0.39, 0.29) is 27.6 Å². The van der Waals surface area contributed by atoms with Gasteiger partial charge in [-0.1, -0.05) is 29.8 Å². The van der Waals surface area contributed by atoms with E-state index < -0.39 is 16.0 Å². The standard InChI is InChI=1S/C16H14N4O4S/c1-10-6-8-11(9-7-10)25(22,23)24-13-5-3-2-4-12(13)14-15(16(17)21)19-20-18-14/h2-9H,1H3,(H2,17,21)(H,18,19,20). The zero-order valence-electron chi connectivity index (χ0n) is 13.1. The number of H-pyrrole nitrogens is 1. The molecule has 9 heteroatoms. The first-order chi connectivity index (χ1) is 11.9. The number of nitrogens with two attached hydrogens (primary N) is 1. The second kappa shape index (κ2) is 6.36. The Morgan fingerprint density at radius 2 is 1.76 bits per heavy atom. The molecule has 0 atom stereocenters. The summed E-state index contributed by atoms with van der Waals surface area (Å²) < 4.78 is 30.2. The minimum Gasteiger partial charge on any atom is -0.378 e. The van der Waals surface area contributed by atoms with E-state index in [0.717, 1.165) is 5.56 Å². The Morgan fingerprint density at radius 3 is 2.44 bits per heavy atom. The summed E-state index contributed by atoms with van der Waals surface area (Å²) in [6.07, 6.45) is 0. The van der Waals surface area contributed by atoms with Gasteiger partial charge in [0.25, 0.3) is 5.91 Å². The van der Waals surface area contributed by atoms with Gasteiger partial charge in [0.15, 0.2) is 11.4 Å². The highest BCUT2D eigenvalue weighted by atomic mass is 32.2. The number of benzene rings is 2. The number of primary amides is 1. The fraction of sp³-hybridized carbons (Fsp3) is 0.0625. The molecular weight excluding hydrogens is 344 g/mol. The van der Waals surface area contributed by atoms with Gasteiger partial charge in [0, 0.05) is 5.56 Å². The Hall–Kier alpha value is -3.20. The number of hydrogen-bond acceptors (Lipinski definition) is 6. The van der Waals surface area contributed by atoms with E-state index in [2.05, 4.69) is 15.4 Å². The van der Waals surface area contributed by atoms with Gasteiger partial charge >= 0.3 is 10.1 Å². The second-order valence-electron chi connectivity index (χ2n) is 5.23. The summed E-state index contributed by atoms with van der Waals surface area (Å²) in [5.41, 5.74) is 6.47. The predicted molar refractivity (Wildman–Crippen MR) is 89.3 cm³/mol. The molecule has 0 fully saturated rings. The number of amides is 1. The maximum Gasteiger partial charge on any atom is 0.339 e. The van der Waals surface area contributed by atoms with Gasteiger partial charge in [-0.15, -0.1) is 0 Å². The van der Waals surface area contributed by atoms with Crippen LogP contribution in [0.15, 0.2) is 53.4 Å².